The van der Waals surface area contributed by atoms with E-state index >= 15 is 0 Å². The van der Waals surface area contributed by atoms with Gasteiger partial charge in [0.05, 0.1) is 43.0 Å². The number of nitrogens with one attached hydrogen (secondary N) is 1. The zero-order valence-electron chi connectivity index (χ0n) is 24.1. The first-order chi connectivity index (χ1) is 22.4. The van der Waals surface area contributed by atoms with Crippen LogP contribution >= 0.6 is 11.3 Å². The summed E-state index contributed by atoms with van der Waals surface area (Å²) < 4.78 is 6.15. The number of nitrogens with two attached hydrogens (primary N) is 1. The fourth-order valence-electron chi connectivity index (χ4n) is 4.97. The Labute approximate surface area is 266 Å². The fraction of sp³-hybridized carbons (Fsp3) is 0.100. The van der Waals surface area contributed by atoms with Gasteiger partial charge in [0.1, 0.15) is 10.5 Å². The van der Waals surface area contributed by atoms with Crippen LogP contribution in [0.3, 0.4) is 0 Å². The average Bonchev–Trinajstić information content (AvgIpc) is 3.36. The van der Waals surface area contributed by atoms with Gasteiger partial charge in [-0.2, -0.15) is 0 Å². The van der Waals surface area contributed by atoms with Gasteiger partial charge in [0.25, 0.3) is 28.5 Å². The summed E-state index contributed by atoms with van der Waals surface area (Å²) in [7, 11) is 0. The molecule has 5 rings (SSSR count). The number of nitro benzene ring substituents is 3. The lowest BCUT2D eigenvalue weighted by Gasteiger charge is -2.27. The molecule has 1 unspecified atom stereocenters. The van der Waals surface area contributed by atoms with Gasteiger partial charge in [-0.15, -0.1) is 11.3 Å². The third kappa shape index (κ3) is 6.22. The Balaban J connectivity index is 1.83. The van der Waals surface area contributed by atoms with Crippen molar-refractivity contribution in [1.82, 2.24) is 4.57 Å². The molecule has 1 aliphatic heterocycles. The molecule has 0 bridgehead atoms. The van der Waals surface area contributed by atoms with E-state index in [9.17, 15) is 44.7 Å². The number of aromatic nitrogens is 1. The molecule has 238 valence electrons. The number of carbonyl (C=O) groups excluding carboxylic acids is 2. The number of amides is 1. The van der Waals surface area contributed by atoms with Gasteiger partial charge < -0.3 is 15.8 Å². The van der Waals surface area contributed by atoms with Crippen LogP contribution in [-0.4, -0.2) is 37.8 Å². The van der Waals surface area contributed by atoms with Crippen LogP contribution in [-0.2, 0) is 14.3 Å². The second-order valence-electron chi connectivity index (χ2n) is 9.88. The smallest absolute Gasteiger partial charge is 0.338 e. The normalized spacial score (nSPS) is 14.4. The number of fused-ring (bicyclic) bond motifs is 1. The molecule has 1 atom stereocenters. The molecule has 0 saturated heterocycles. The zero-order valence-corrected chi connectivity index (χ0v) is 25.0. The van der Waals surface area contributed by atoms with Crippen LogP contribution in [0.2, 0.25) is 0 Å². The number of nitrogens with zero attached hydrogens (tertiary/aromatic N) is 4. The Morgan fingerprint density at radius 3 is 2.15 bits per heavy atom. The number of carbonyl (C=O) groups is 2. The van der Waals surface area contributed by atoms with Gasteiger partial charge in [0.15, 0.2) is 0 Å². The van der Waals surface area contributed by atoms with Gasteiger partial charge in [-0.25, -0.2) is 4.79 Å². The van der Waals surface area contributed by atoms with Gasteiger partial charge in [-0.1, -0.05) is 24.3 Å². The molecule has 1 amide bonds. The summed E-state index contributed by atoms with van der Waals surface area (Å²) in [5, 5.41) is 36.8. The second kappa shape index (κ2) is 12.9. The molecule has 0 saturated carbocycles. The summed E-state index contributed by atoms with van der Waals surface area (Å²) >= 11 is 0.802. The number of non-ortho nitro benzene ring substituents is 3. The molecule has 0 fully saturated rings. The molecule has 47 heavy (non-hydrogen) atoms. The number of thiazole rings is 1. The van der Waals surface area contributed by atoms with Crippen molar-refractivity contribution in [3.8, 4) is 0 Å². The summed E-state index contributed by atoms with van der Waals surface area (Å²) in [5.74, 6) is -3.62. The predicted molar refractivity (Wildman–Crippen MR) is 170 cm³/mol. The summed E-state index contributed by atoms with van der Waals surface area (Å²) in [6.45, 7) is 1.42. The van der Waals surface area contributed by atoms with Gasteiger partial charge in [-0.05, 0) is 36.3 Å². The Hall–Kier alpha value is -6.49. The highest BCUT2D eigenvalue weighted by atomic mass is 32.1. The molecular formula is C30H22N6O10S. The second-order valence-corrected chi connectivity index (χ2v) is 10.9. The minimum atomic E-state index is -1.38. The summed E-state index contributed by atoms with van der Waals surface area (Å²) in [6.07, 6.45) is 1.36. The average molecular weight is 659 g/mol. The molecular weight excluding hydrogens is 636 g/mol. The van der Waals surface area contributed by atoms with Crippen LogP contribution in [0, 0.1) is 30.3 Å². The monoisotopic (exact) mass is 658 g/mol. The van der Waals surface area contributed by atoms with Crippen LogP contribution < -0.4 is 25.8 Å². The Morgan fingerprint density at radius 1 is 0.915 bits per heavy atom. The largest absolute Gasteiger partial charge is 0.463 e. The fourth-order valence-corrected chi connectivity index (χ4v) is 6.15. The molecule has 0 radical (unpaired) electrons. The third-order valence-corrected chi connectivity index (χ3v) is 8.13. The maximum atomic E-state index is 14.2. The van der Waals surface area contributed by atoms with Crippen molar-refractivity contribution in [2.45, 2.75) is 12.8 Å². The number of hydrogen-bond donors (Lipinski definition) is 2. The van der Waals surface area contributed by atoms with Crippen molar-refractivity contribution >= 4 is 63.4 Å². The molecule has 0 aliphatic carbocycles. The summed E-state index contributed by atoms with van der Waals surface area (Å²) in [6, 6.07) is 15.5. The van der Waals surface area contributed by atoms with Crippen molar-refractivity contribution in [3.05, 3.63) is 139 Å². The van der Waals surface area contributed by atoms with E-state index in [1.54, 1.807) is 0 Å². The minimum Gasteiger partial charge on any atom is -0.463 e. The topological polar surface area (TPSA) is 233 Å². The lowest BCUT2D eigenvalue weighted by Crippen LogP contribution is -2.42. The molecule has 16 nitrogen and oxygen atoms in total. The van der Waals surface area contributed by atoms with Crippen LogP contribution in [0.1, 0.15) is 24.0 Å². The van der Waals surface area contributed by atoms with Gasteiger partial charge in [0, 0.05) is 42.1 Å². The number of anilines is 1. The van der Waals surface area contributed by atoms with Crippen LogP contribution in [0.15, 0.2) is 83.2 Å². The van der Waals surface area contributed by atoms with Crippen molar-refractivity contribution in [3.63, 3.8) is 0 Å². The summed E-state index contributed by atoms with van der Waals surface area (Å²) in [4.78, 5) is 73.7. The predicted octanol–water partition coefficient (Wildman–Crippen LogP) is 2.74. The highest BCUT2D eigenvalue weighted by molar-refractivity contribution is 7.07. The Morgan fingerprint density at radius 2 is 1.53 bits per heavy atom. The first-order valence-electron chi connectivity index (χ1n) is 13.6. The van der Waals surface area contributed by atoms with Crippen molar-refractivity contribution in [2.24, 2.45) is 5.73 Å². The first-order valence-corrected chi connectivity index (χ1v) is 14.4. The molecule has 3 aromatic carbocycles. The van der Waals surface area contributed by atoms with Crippen LogP contribution in [0.25, 0.3) is 17.5 Å². The maximum Gasteiger partial charge on any atom is 0.338 e. The number of nitro groups is 3. The van der Waals surface area contributed by atoms with E-state index in [2.05, 4.69) is 5.32 Å². The van der Waals surface area contributed by atoms with Gasteiger partial charge in [-0.3, -0.25) is 44.5 Å². The Bertz CT molecular complexity index is 2200. The summed E-state index contributed by atoms with van der Waals surface area (Å²) in [5.41, 5.74) is 4.88. The molecule has 3 N–H and O–H groups in total. The molecule has 1 aliphatic rings. The number of benzene rings is 3. The lowest BCUT2D eigenvalue weighted by atomic mass is 9.82. The zero-order chi connectivity index (χ0) is 34.0. The number of rotatable bonds is 9. The Kier molecular flexibility index (Phi) is 8.73. The highest BCUT2D eigenvalue weighted by Gasteiger charge is 2.40. The van der Waals surface area contributed by atoms with Gasteiger partial charge in [0.2, 0.25) is 0 Å². The van der Waals surface area contributed by atoms with E-state index in [4.69, 9.17) is 10.5 Å². The first kappa shape index (κ1) is 31.9. The van der Waals surface area contributed by atoms with Crippen LogP contribution in [0.4, 0.5) is 22.7 Å². The molecule has 2 heterocycles. The SMILES string of the molecule is CCOC(=O)C1=C(N)n2c(s/c(=C\c3cccc([N+](=O)[O-])c3)c2=O)=C(C(=O)Nc2ccc([N+](=O)[O-])cc2)C1c1cccc([N+](=O)[O-])c1. The number of ether oxygens (including phenoxy) is 1. The van der Waals surface area contributed by atoms with E-state index in [0.717, 1.165) is 34.1 Å². The van der Waals surface area contributed by atoms with E-state index in [-0.39, 0.29) is 66.6 Å². The number of hydrogen-bond acceptors (Lipinski definition) is 12. The molecule has 17 heteroatoms. The van der Waals surface area contributed by atoms with Crippen molar-refractivity contribution in [1.29, 1.82) is 0 Å². The van der Waals surface area contributed by atoms with E-state index < -0.39 is 38.1 Å². The molecule has 0 spiro atoms. The quantitative estimate of drug-likeness (QED) is 0.151. The van der Waals surface area contributed by atoms with E-state index in [0.29, 0.717) is 0 Å². The standard InChI is InChI=1S/C30H22N6O10S/c1-2-46-30(39)24-23(17-6-4-8-21(15-17)36(44)45)25(27(37)32-18-9-11-19(12-10-18)34(40)41)29-33(26(24)31)28(38)22(47-29)14-16-5-3-7-20(13-16)35(42)43/h3-15,23H,2,31H2,1H3,(H,32,37)/b22-14-. The van der Waals surface area contributed by atoms with Gasteiger partial charge >= 0.3 is 5.97 Å². The maximum absolute atomic E-state index is 14.2. The van der Waals surface area contributed by atoms with Crippen molar-refractivity contribution in [2.75, 3.05) is 11.9 Å². The van der Waals surface area contributed by atoms with Crippen LogP contribution in [0.5, 0.6) is 0 Å². The number of esters is 1. The molecule has 4 aromatic rings. The van der Waals surface area contributed by atoms with Crippen molar-refractivity contribution < 1.29 is 29.1 Å². The van der Waals surface area contributed by atoms with E-state index in [1.165, 1.54) is 67.6 Å². The minimum absolute atomic E-state index is 0.00742. The lowest BCUT2D eigenvalue weighted by molar-refractivity contribution is -0.385. The molecule has 1 aromatic heterocycles. The third-order valence-electron chi connectivity index (χ3n) is 7.02. The van der Waals surface area contributed by atoms with E-state index in [1.807, 2.05) is 0 Å². The highest BCUT2D eigenvalue weighted by Crippen LogP contribution is 2.39.